The maximum absolute atomic E-state index is 11.7. The minimum atomic E-state index is -0.868. The van der Waals surface area contributed by atoms with E-state index in [-0.39, 0.29) is 11.1 Å². The standard InChI is InChI=1S/C12H5N3O4/c16-11-8-5-6-3-1-2-4-7(6)10(15(18)19)9(8)12(17)14-13-11/h1-5H. The van der Waals surface area contributed by atoms with Crippen LogP contribution in [0.5, 0.6) is 0 Å². The van der Waals surface area contributed by atoms with Crippen molar-refractivity contribution in [1.82, 2.24) is 0 Å². The van der Waals surface area contributed by atoms with Crippen LogP contribution in [0, 0.1) is 10.1 Å². The number of hydrogen-bond acceptors (Lipinski definition) is 4. The van der Waals surface area contributed by atoms with E-state index in [1.807, 2.05) is 0 Å². The molecule has 7 heteroatoms. The molecular weight excluding hydrogens is 250 g/mol. The van der Waals surface area contributed by atoms with E-state index in [0.29, 0.717) is 10.8 Å². The van der Waals surface area contributed by atoms with Crippen molar-refractivity contribution in [3.8, 4) is 0 Å². The third-order valence-electron chi connectivity index (χ3n) is 2.88. The quantitative estimate of drug-likeness (QED) is 0.576. The fourth-order valence-corrected chi connectivity index (χ4v) is 2.10. The summed E-state index contributed by atoms with van der Waals surface area (Å²) in [6, 6.07) is 7.90. The number of carbonyl (C=O) groups is 2. The van der Waals surface area contributed by atoms with Gasteiger partial charge >= 0.3 is 5.91 Å². The van der Waals surface area contributed by atoms with Gasteiger partial charge in [0.15, 0.2) is 0 Å². The number of fused-ring (bicyclic) bond motifs is 2. The zero-order chi connectivity index (χ0) is 13.6. The van der Waals surface area contributed by atoms with Crippen LogP contribution in [0.25, 0.3) is 10.8 Å². The van der Waals surface area contributed by atoms with Crippen molar-refractivity contribution in [3.63, 3.8) is 0 Å². The molecule has 1 aliphatic rings. The van der Waals surface area contributed by atoms with E-state index in [1.165, 1.54) is 12.1 Å². The predicted octanol–water partition coefficient (Wildman–Crippen LogP) is 2.49. The highest BCUT2D eigenvalue weighted by molar-refractivity contribution is 6.17. The molecule has 0 bridgehead atoms. The molecule has 0 aromatic heterocycles. The first-order chi connectivity index (χ1) is 9.09. The van der Waals surface area contributed by atoms with E-state index in [4.69, 9.17) is 0 Å². The highest BCUT2D eigenvalue weighted by Gasteiger charge is 2.33. The molecule has 0 fully saturated rings. The van der Waals surface area contributed by atoms with Gasteiger partial charge in [-0.05, 0) is 17.5 Å². The fourth-order valence-electron chi connectivity index (χ4n) is 2.10. The average Bonchev–Trinajstić information content (AvgIpc) is 2.40. The Bertz CT molecular complexity index is 795. The van der Waals surface area contributed by atoms with Gasteiger partial charge < -0.3 is 0 Å². The van der Waals surface area contributed by atoms with Crippen LogP contribution in [0.2, 0.25) is 0 Å². The van der Waals surface area contributed by atoms with Gasteiger partial charge in [0.1, 0.15) is 5.56 Å². The number of benzene rings is 2. The van der Waals surface area contributed by atoms with E-state index in [0.717, 1.165) is 0 Å². The minimum Gasteiger partial charge on any atom is -0.265 e. The second kappa shape index (κ2) is 3.77. The van der Waals surface area contributed by atoms with Crippen molar-refractivity contribution in [1.29, 1.82) is 0 Å². The summed E-state index contributed by atoms with van der Waals surface area (Å²) in [6.07, 6.45) is 0. The van der Waals surface area contributed by atoms with Gasteiger partial charge in [0, 0.05) is 0 Å². The first-order valence-electron chi connectivity index (χ1n) is 5.30. The number of nitro groups is 1. The Kier molecular flexibility index (Phi) is 2.21. The Morgan fingerprint density at radius 3 is 2.47 bits per heavy atom. The molecule has 0 radical (unpaired) electrons. The molecule has 2 aromatic carbocycles. The summed E-state index contributed by atoms with van der Waals surface area (Å²) in [7, 11) is 0. The molecular formula is C12H5N3O4. The normalized spacial score (nSPS) is 13.7. The largest absolute Gasteiger partial charge is 0.303 e. The number of nitro benzene ring substituents is 1. The summed E-state index contributed by atoms with van der Waals surface area (Å²) in [5.41, 5.74) is -0.765. The molecule has 2 aromatic rings. The number of azo groups is 1. The van der Waals surface area contributed by atoms with Crippen molar-refractivity contribution in [2.24, 2.45) is 10.2 Å². The Balaban J connectivity index is 2.54. The molecule has 19 heavy (non-hydrogen) atoms. The average molecular weight is 255 g/mol. The number of nitrogens with zero attached hydrogens (tertiary/aromatic N) is 3. The Hall–Kier alpha value is -2.96. The van der Waals surface area contributed by atoms with E-state index in [1.54, 1.807) is 18.2 Å². The number of amides is 2. The maximum atomic E-state index is 11.7. The lowest BCUT2D eigenvalue weighted by atomic mass is 9.96. The molecule has 1 heterocycles. The van der Waals surface area contributed by atoms with E-state index >= 15 is 0 Å². The van der Waals surface area contributed by atoms with Crippen LogP contribution in [0.3, 0.4) is 0 Å². The predicted molar refractivity (Wildman–Crippen MR) is 64.1 cm³/mol. The van der Waals surface area contributed by atoms with E-state index in [9.17, 15) is 19.7 Å². The molecule has 0 saturated heterocycles. The number of carbonyl (C=O) groups excluding carboxylic acids is 2. The monoisotopic (exact) mass is 255 g/mol. The summed E-state index contributed by atoms with van der Waals surface area (Å²) >= 11 is 0. The second-order valence-electron chi connectivity index (χ2n) is 3.94. The van der Waals surface area contributed by atoms with E-state index in [2.05, 4.69) is 10.2 Å². The van der Waals surface area contributed by atoms with Crippen LogP contribution in [0.1, 0.15) is 20.7 Å². The van der Waals surface area contributed by atoms with Gasteiger partial charge in [-0.1, -0.05) is 18.2 Å². The van der Waals surface area contributed by atoms with Crippen LogP contribution in [-0.4, -0.2) is 16.7 Å². The fraction of sp³-hybridized carbons (Fsp3) is 0. The Morgan fingerprint density at radius 1 is 1.05 bits per heavy atom. The molecule has 0 aliphatic carbocycles. The Labute approximate surface area is 105 Å². The van der Waals surface area contributed by atoms with Gasteiger partial charge in [-0.15, -0.1) is 10.2 Å². The topological polar surface area (TPSA) is 102 Å². The van der Waals surface area contributed by atoms with Crippen molar-refractivity contribution < 1.29 is 14.5 Å². The summed E-state index contributed by atoms with van der Waals surface area (Å²) in [6.45, 7) is 0. The van der Waals surface area contributed by atoms with Crippen molar-refractivity contribution in [2.45, 2.75) is 0 Å². The van der Waals surface area contributed by atoms with Gasteiger partial charge in [-0.25, -0.2) is 0 Å². The lowest BCUT2D eigenvalue weighted by Gasteiger charge is -2.09. The zero-order valence-electron chi connectivity index (χ0n) is 9.36. The number of rotatable bonds is 1. The Morgan fingerprint density at radius 2 is 1.74 bits per heavy atom. The third kappa shape index (κ3) is 1.52. The van der Waals surface area contributed by atoms with E-state index < -0.39 is 22.4 Å². The van der Waals surface area contributed by atoms with Gasteiger partial charge in [0.05, 0.1) is 15.9 Å². The van der Waals surface area contributed by atoms with Gasteiger partial charge in [-0.2, -0.15) is 0 Å². The van der Waals surface area contributed by atoms with Crippen LogP contribution in [0.15, 0.2) is 40.6 Å². The SMILES string of the molecule is O=C1N=NC(=O)c2c1cc1ccccc1c2[N+](=O)[O-]. The molecule has 0 atom stereocenters. The molecule has 3 rings (SSSR count). The lowest BCUT2D eigenvalue weighted by molar-refractivity contribution is -0.383. The summed E-state index contributed by atoms with van der Waals surface area (Å²) in [5.74, 6) is -1.62. The van der Waals surface area contributed by atoms with Gasteiger partial charge in [0.25, 0.3) is 11.6 Å². The van der Waals surface area contributed by atoms with Crippen molar-refractivity contribution in [3.05, 3.63) is 51.6 Å². The van der Waals surface area contributed by atoms with Crippen LogP contribution < -0.4 is 0 Å². The van der Waals surface area contributed by atoms with Crippen molar-refractivity contribution in [2.75, 3.05) is 0 Å². The third-order valence-corrected chi connectivity index (χ3v) is 2.88. The minimum absolute atomic E-state index is 0.0783. The highest BCUT2D eigenvalue weighted by Crippen LogP contribution is 2.34. The zero-order valence-corrected chi connectivity index (χ0v) is 9.36. The molecule has 0 N–H and O–H groups in total. The molecule has 0 unspecified atom stereocenters. The number of hydrogen-bond donors (Lipinski definition) is 0. The molecule has 0 spiro atoms. The lowest BCUT2D eigenvalue weighted by Crippen LogP contribution is -2.14. The highest BCUT2D eigenvalue weighted by atomic mass is 16.6. The van der Waals surface area contributed by atoms with Crippen molar-refractivity contribution >= 4 is 28.3 Å². The summed E-state index contributed by atoms with van der Waals surface area (Å²) < 4.78 is 0. The second-order valence-corrected chi connectivity index (χ2v) is 3.94. The molecule has 0 saturated carbocycles. The van der Waals surface area contributed by atoms with Crippen LogP contribution in [-0.2, 0) is 0 Å². The summed E-state index contributed by atoms with van der Waals surface area (Å²) in [5, 5.41) is 18.3. The van der Waals surface area contributed by atoms with Crippen LogP contribution in [0.4, 0.5) is 5.69 Å². The maximum Gasteiger partial charge on any atom is 0.303 e. The first-order valence-corrected chi connectivity index (χ1v) is 5.30. The van der Waals surface area contributed by atoms with Gasteiger partial charge in [-0.3, -0.25) is 19.7 Å². The molecule has 2 amide bonds. The summed E-state index contributed by atoms with van der Waals surface area (Å²) in [4.78, 5) is 33.8. The molecule has 7 nitrogen and oxygen atoms in total. The van der Waals surface area contributed by atoms with Gasteiger partial charge in [0.2, 0.25) is 0 Å². The first kappa shape index (κ1) is 11.1. The molecule has 92 valence electrons. The smallest absolute Gasteiger partial charge is 0.265 e. The molecule has 1 aliphatic heterocycles. The van der Waals surface area contributed by atoms with Crippen LogP contribution >= 0.6 is 0 Å².